The van der Waals surface area contributed by atoms with Crippen molar-refractivity contribution >= 4 is 28.2 Å². The van der Waals surface area contributed by atoms with E-state index in [1.165, 1.54) is 5.56 Å². The Bertz CT molecular complexity index is 1030. The molecule has 0 fully saturated rings. The quantitative estimate of drug-likeness (QED) is 0.566. The van der Waals surface area contributed by atoms with Gasteiger partial charge < -0.3 is 4.40 Å². The number of hydrogen-bond acceptors (Lipinski definition) is 2. The molecule has 1 N–H and O–H groups in total. The van der Waals surface area contributed by atoms with E-state index in [4.69, 9.17) is 16.6 Å². The van der Waals surface area contributed by atoms with Gasteiger partial charge in [0.2, 0.25) is 0 Å². The number of fused-ring (bicyclic) bond motifs is 2. The molecule has 0 aliphatic heterocycles. The van der Waals surface area contributed by atoms with Crippen molar-refractivity contribution in [1.29, 1.82) is 0 Å². The second-order valence-electron chi connectivity index (χ2n) is 6.22. The van der Waals surface area contributed by atoms with Gasteiger partial charge >= 0.3 is 0 Å². The van der Waals surface area contributed by atoms with Crippen LogP contribution in [0.3, 0.4) is 0 Å². The predicted molar refractivity (Wildman–Crippen MR) is 94.1 cm³/mol. The van der Waals surface area contributed by atoms with Crippen LogP contribution in [0.5, 0.6) is 0 Å². The average molecular weight is 325 g/mol. The molecule has 1 aromatic carbocycles. The molecule has 0 aliphatic rings. The predicted octanol–water partition coefficient (Wildman–Crippen LogP) is 4.96. The Morgan fingerprint density at radius 2 is 2.09 bits per heavy atom. The number of benzene rings is 1. The number of rotatable bonds is 2. The third kappa shape index (κ3) is 2.21. The fraction of sp³-hybridized carbons (Fsp3) is 0.222. The molecule has 0 unspecified atom stereocenters. The smallest absolute Gasteiger partial charge is 0.145 e. The van der Waals surface area contributed by atoms with Gasteiger partial charge in [-0.15, -0.1) is 0 Å². The zero-order chi connectivity index (χ0) is 16.1. The second kappa shape index (κ2) is 5.10. The normalized spacial score (nSPS) is 11.9. The Labute approximate surface area is 139 Å². The summed E-state index contributed by atoms with van der Waals surface area (Å²) in [6.45, 7) is 6.41. The average Bonchev–Trinajstić information content (AvgIpc) is 3.13. The highest BCUT2D eigenvalue weighted by Gasteiger charge is 2.15. The minimum absolute atomic E-state index is 0.392. The molecule has 0 aliphatic carbocycles. The van der Waals surface area contributed by atoms with Crippen LogP contribution in [0, 0.1) is 6.92 Å². The highest BCUT2D eigenvalue weighted by molar-refractivity contribution is 6.35. The van der Waals surface area contributed by atoms with Crippen LogP contribution >= 0.6 is 11.6 Å². The lowest BCUT2D eigenvalue weighted by molar-refractivity contribution is 0.834. The third-order valence-electron chi connectivity index (χ3n) is 4.23. The van der Waals surface area contributed by atoms with E-state index < -0.39 is 0 Å². The topological polar surface area (TPSA) is 46.0 Å². The molecule has 0 saturated heterocycles. The van der Waals surface area contributed by atoms with Gasteiger partial charge in [0.25, 0.3) is 0 Å². The van der Waals surface area contributed by atoms with Crippen LogP contribution < -0.4 is 0 Å². The lowest BCUT2D eigenvalue weighted by Gasteiger charge is -2.09. The zero-order valence-corrected chi connectivity index (χ0v) is 14.0. The molecule has 0 atom stereocenters. The molecular formula is C18H17ClN4. The molecule has 23 heavy (non-hydrogen) atoms. The summed E-state index contributed by atoms with van der Waals surface area (Å²) in [5, 5.41) is 8.69. The van der Waals surface area contributed by atoms with Crippen LogP contribution in [0.2, 0.25) is 5.02 Å². The van der Waals surface area contributed by atoms with Gasteiger partial charge in [0, 0.05) is 23.3 Å². The van der Waals surface area contributed by atoms with Crippen molar-refractivity contribution in [3.05, 3.63) is 53.1 Å². The number of H-pyrrole nitrogens is 1. The van der Waals surface area contributed by atoms with Gasteiger partial charge in [0.05, 0.1) is 22.4 Å². The number of aromatic nitrogens is 4. The third-order valence-corrected chi connectivity index (χ3v) is 4.53. The summed E-state index contributed by atoms with van der Waals surface area (Å²) in [6.07, 6.45) is 5.96. The van der Waals surface area contributed by atoms with Gasteiger partial charge in [-0.3, -0.25) is 5.10 Å². The minimum Gasteiger partial charge on any atom is -0.306 e. The second-order valence-corrected chi connectivity index (χ2v) is 6.62. The number of aromatic amines is 1. The van der Waals surface area contributed by atoms with E-state index >= 15 is 0 Å². The number of hydrogen-bond donors (Lipinski definition) is 1. The van der Waals surface area contributed by atoms with Crippen molar-refractivity contribution in [1.82, 2.24) is 19.6 Å². The fourth-order valence-corrected chi connectivity index (χ4v) is 3.23. The number of imidazole rings is 1. The Balaban J connectivity index is 2.04. The first-order valence-corrected chi connectivity index (χ1v) is 8.03. The molecule has 116 valence electrons. The lowest BCUT2D eigenvalue weighted by atomic mass is 10.0. The van der Waals surface area contributed by atoms with Gasteiger partial charge in [-0.25, -0.2) is 4.98 Å². The van der Waals surface area contributed by atoms with Crippen LogP contribution in [0.4, 0.5) is 0 Å². The number of halogens is 1. The standard InChI is InChI=1S/C18H17ClN4/c1-10(2)15-9-23-5-4-11(3)16(18(23)21-15)12-6-13-8-20-22-17(13)14(19)7-12/h4-10H,1-3H3,(H,20,22). The summed E-state index contributed by atoms with van der Waals surface area (Å²) in [4.78, 5) is 4.84. The SMILES string of the molecule is Cc1ccn2cc(C(C)C)nc2c1-c1cc(Cl)c2[nH]ncc2c1. The molecule has 0 bridgehead atoms. The number of pyridine rings is 1. The summed E-state index contributed by atoms with van der Waals surface area (Å²) in [5.41, 5.74) is 6.28. The largest absolute Gasteiger partial charge is 0.306 e. The number of nitrogens with zero attached hydrogens (tertiary/aromatic N) is 3. The Kier molecular flexibility index (Phi) is 3.16. The Morgan fingerprint density at radius 3 is 2.87 bits per heavy atom. The highest BCUT2D eigenvalue weighted by atomic mass is 35.5. The monoisotopic (exact) mass is 324 g/mol. The number of aryl methyl sites for hydroxylation is 1. The molecule has 5 heteroatoms. The maximum Gasteiger partial charge on any atom is 0.145 e. The van der Waals surface area contributed by atoms with Crippen molar-refractivity contribution in [3.8, 4) is 11.1 Å². The lowest BCUT2D eigenvalue weighted by Crippen LogP contribution is -1.92. The first-order chi connectivity index (χ1) is 11.0. The van der Waals surface area contributed by atoms with E-state index in [0.717, 1.165) is 33.4 Å². The van der Waals surface area contributed by atoms with E-state index in [9.17, 15) is 0 Å². The Morgan fingerprint density at radius 1 is 1.26 bits per heavy atom. The van der Waals surface area contributed by atoms with Crippen molar-refractivity contribution in [2.24, 2.45) is 0 Å². The van der Waals surface area contributed by atoms with Crippen molar-refractivity contribution in [2.75, 3.05) is 0 Å². The molecule has 0 amide bonds. The van der Waals surface area contributed by atoms with E-state index in [-0.39, 0.29) is 0 Å². The minimum atomic E-state index is 0.392. The van der Waals surface area contributed by atoms with E-state index in [0.29, 0.717) is 10.9 Å². The molecule has 0 saturated carbocycles. The van der Waals surface area contributed by atoms with Crippen molar-refractivity contribution in [2.45, 2.75) is 26.7 Å². The van der Waals surface area contributed by atoms with Gasteiger partial charge in [-0.1, -0.05) is 25.4 Å². The summed E-state index contributed by atoms with van der Waals surface area (Å²) >= 11 is 6.41. The molecule has 0 radical (unpaired) electrons. The zero-order valence-electron chi connectivity index (χ0n) is 13.3. The van der Waals surface area contributed by atoms with Gasteiger partial charge in [-0.05, 0) is 42.2 Å². The van der Waals surface area contributed by atoms with Gasteiger partial charge in [0.15, 0.2) is 0 Å². The molecule has 4 rings (SSSR count). The number of nitrogens with one attached hydrogen (secondary N) is 1. The van der Waals surface area contributed by atoms with E-state index in [2.05, 4.69) is 59.9 Å². The van der Waals surface area contributed by atoms with Crippen LogP contribution in [-0.4, -0.2) is 19.6 Å². The van der Waals surface area contributed by atoms with Crippen LogP contribution in [-0.2, 0) is 0 Å². The first-order valence-electron chi connectivity index (χ1n) is 7.66. The van der Waals surface area contributed by atoms with Crippen molar-refractivity contribution in [3.63, 3.8) is 0 Å². The molecule has 3 aromatic heterocycles. The summed E-state index contributed by atoms with van der Waals surface area (Å²) in [7, 11) is 0. The highest BCUT2D eigenvalue weighted by Crippen LogP contribution is 2.34. The van der Waals surface area contributed by atoms with Crippen LogP contribution in [0.15, 0.2) is 36.8 Å². The molecule has 3 heterocycles. The van der Waals surface area contributed by atoms with Crippen molar-refractivity contribution < 1.29 is 0 Å². The van der Waals surface area contributed by atoms with E-state index in [1.54, 1.807) is 6.20 Å². The first kappa shape index (κ1) is 14.3. The Hall–Kier alpha value is -2.33. The summed E-state index contributed by atoms with van der Waals surface area (Å²) in [6, 6.07) is 6.20. The molecule has 0 spiro atoms. The fourth-order valence-electron chi connectivity index (χ4n) is 2.96. The summed E-state index contributed by atoms with van der Waals surface area (Å²) < 4.78 is 2.09. The van der Waals surface area contributed by atoms with Gasteiger partial charge in [-0.2, -0.15) is 5.10 Å². The van der Waals surface area contributed by atoms with Crippen LogP contribution in [0.1, 0.15) is 31.0 Å². The van der Waals surface area contributed by atoms with E-state index in [1.807, 2.05) is 6.07 Å². The summed E-state index contributed by atoms with van der Waals surface area (Å²) in [5.74, 6) is 0.392. The molecule has 4 aromatic rings. The molecule has 4 nitrogen and oxygen atoms in total. The molecular weight excluding hydrogens is 308 g/mol. The maximum atomic E-state index is 6.41. The van der Waals surface area contributed by atoms with Gasteiger partial charge in [0.1, 0.15) is 5.65 Å². The maximum absolute atomic E-state index is 6.41. The van der Waals surface area contributed by atoms with Crippen LogP contribution in [0.25, 0.3) is 27.7 Å².